The second kappa shape index (κ2) is 7.37. The lowest BCUT2D eigenvalue weighted by atomic mass is 9.74. The normalized spacial score (nSPS) is 21.6. The van der Waals surface area contributed by atoms with Gasteiger partial charge in [-0.3, -0.25) is 4.79 Å². The molecule has 0 bridgehead atoms. The lowest BCUT2D eigenvalue weighted by molar-refractivity contribution is 0.0607. The third kappa shape index (κ3) is 3.48. The molecule has 3 nitrogen and oxygen atoms in total. The zero-order chi connectivity index (χ0) is 20.8. The molecule has 0 saturated heterocycles. The highest BCUT2D eigenvalue weighted by atomic mass is 16.2. The van der Waals surface area contributed by atoms with E-state index >= 15 is 0 Å². The Morgan fingerprint density at radius 3 is 2.62 bits per heavy atom. The molecule has 2 aromatic rings. The lowest BCUT2D eigenvalue weighted by Crippen LogP contribution is -2.50. The number of amides is 1. The fraction of sp³-hybridized carbons (Fsp3) is 0.423. The zero-order valence-corrected chi connectivity index (χ0v) is 18.3. The molecule has 152 valence electrons. The first-order valence-electron chi connectivity index (χ1n) is 10.8. The largest absolute Gasteiger partial charge is 0.385 e. The van der Waals surface area contributed by atoms with Gasteiger partial charge in [0.15, 0.2) is 0 Å². The number of allylic oxidation sites excluding steroid dienone is 2. The van der Waals surface area contributed by atoms with Crippen molar-refractivity contribution in [1.82, 2.24) is 10.2 Å². The molecule has 2 heterocycles. The summed E-state index contributed by atoms with van der Waals surface area (Å²) < 4.78 is 0. The third-order valence-corrected chi connectivity index (χ3v) is 6.51. The molecule has 4 rings (SSSR count). The number of dihydropyridines is 1. The number of rotatable bonds is 4. The van der Waals surface area contributed by atoms with Crippen molar-refractivity contribution in [3.63, 3.8) is 0 Å². The average Bonchev–Trinajstić information content (AvgIpc) is 2.71. The van der Waals surface area contributed by atoms with E-state index in [9.17, 15) is 4.79 Å². The van der Waals surface area contributed by atoms with Crippen molar-refractivity contribution >= 4 is 16.7 Å². The highest BCUT2D eigenvalue weighted by Crippen LogP contribution is 2.41. The van der Waals surface area contributed by atoms with E-state index in [0.717, 1.165) is 24.9 Å². The fourth-order valence-corrected chi connectivity index (χ4v) is 4.74. The predicted molar refractivity (Wildman–Crippen MR) is 121 cm³/mol. The Balaban J connectivity index is 1.88. The second-order valence-corrected chi connectivity index (χ2v) is 9.29. The monoisotopic (exact) mass is 388 g/mol. The quantitative estimate of drug-likeness (QED) is 0.766. The predicted octanol–water partition coefficient (Wildman–Crippen LogP) is 5.35. The summed E-state index contributed by atoms with van der Waals surface area (Å²) in [4.78, 5) is 15.6. The molecule has 0 aromatic heterocycles. The standard InChI is InChI=1S/C26H32N2O/c1-6-18(3)28-16-26(4,5)24-22-10-8-7-9-21(22)20(14-23(24)25(28)29)13-19-12-11-17(2)27-15-19/h7-12,14-15,17-18,27H,6,13,16H2,1-5H3. The maximum absolute atomic E-state index is 13.5. The van der Waals surface area contributed by atoms with Gasteiger partial charge >= 0.3 is 0 Å². The number of nitrogens with zero attached hydrogens (tertiary/aromatic N) is 1. The van der Waals surface area contributed by atoms with Gasteiger partial charge in [0.1, 0.15) is 0 Å². The van der Waals surface area contributed by atoms with Gasteiger partial charge in [-0.15, -0.1) is 0 Å². The molecule has 2 aromatic carbocycles. The van der Waals surface area contributed by atoms with E-state index in [-0.39, 0.29) is 17.4 Å². The fourth-order valence-electron chi connectivity index (χ4n) is 4.74. The van der Waals surface area contributed by atoms with Crippen LogP contribution in [0.4, 0.5) is 0 Å². The number of carbonyl (C=O) groups excluding carboxylic acids is 1. The van der Waals surface area contributed by atoms with E-state index in [4.69, 9.17) is 0 Å². The van der Waals surface area contributed by atoms with Crippen LogP contribution >= 0.6 is 0 Å². The summed E-state index contributed by atoms with van der Waals surface area (Å²) >= 11 is 0. The summed E-state index contributed by atoms with van der Waals surface area (Å²) in [6, 6.07) is 11.4. The Bertz CT molecular complexity index is 1010. The van der Waals surface area contributed by atoms with Crippen LogP contribution in [0.25, 0.3) is 10.8 Å². The van der Waals surface area contributed by atoms with Crippen LogP contribution in [0.5, 0.6) is 0 Å². The molecule has 1 N–H and O–H groups in total. The maximum atomic E-state index is 13.5. The number of nitrogens with one attached hydrogen (secondary N) is 1. The molecule has 3 heteroatoms. The van der Waals surface area contributed by atoms with E-state index in [1.165, 1.54) is 27.5 Å². The number of benzene rings is 2. The lowest BCUT2D eigenvalue weighted by Gasteiger charge is -2.43. The molecule has 2 atom stereocenters. The summed E-state index contributed by atoms with van der Waals surface area (Å²) in [5, 5.41) is 5.88. The molecule has 2 unspecified atom stereocenters. The topological polar surface area (TPSA) is 32.3 Å². The van der Waals surface area contributed by atoms with E-state index in [1.807, 2.05) is 0 Å². The molecule has 2 aliphatic rings. The Morgan fingerprint density at radius 2 is 1.97 bits per heavy atom. The van der Waals surface area contributed by atoms with Crippen LogP contribution in [0.1, 0.15) is 62.5 Å². The summed E-state index contributed by atoms with van der Waals surface area (Å²) in [6.07, 6.45) is 8.29. The Hall–Kier alpha value is -2.55. The molecule has 1 amide bonds. The van der Waals surface area contributed by atoms with Crippen molar-refractivity contribution in [2.45, 2.75) is 65.0 Å². The Labute approximate surface area is 174 Å². The second-order valence-electron chi connectivity index (χ2n) is 9.29. The minimum Gasteiger partial charge on any atom is -0.385 e. The van der Waals surface area contributed by atoms with Crippen molar-refractivity contribution in [2.24, 2.45) is 0 Å². The number of carbonyl (C=O) groups is 1. The smallest absolute Gasteiger partial charge is 0.254 e. The molecule has 0 radical (unpaired) electrons. The van der Waals surface area contributed by atoms with Crippen LogP contribution in [-0.2, 0) is 11.8 Å². The van der Waals surface area contributed by atoms with E-state index in [2.05, 4.69) is 93.5 Å². The van der Waals surface area contributed by atoms with Gasteiger partial charge in [-0.05, 0) is 60.2 Å². The first kappa shape index (κ1) is 19.8. The van der Waals surface area contributed by atoms with Crippen LogP contribution < -0.4 is 5.32 Å². The number of hydrogen-bond donors (Lipinski definition) is 1. The van der Waals surface area contributed by atoms with Crippen molar-refractivity contribution < 1.29 is 4.79 Å². The number of fused-ring (bicyclic) bond motifs is 3. The molecular weight excluding hydrogens is 356 g/mol. The van der Waals surface area contributed by atoms with E-state index < -0.39 is 0 Å². The van der Waals surface area contributed by atoms with Crippen LogP contribution in [0.3, 0.4) is 0 Å². The van der Waals surface area contributed by atoms with Crippen molar-refractivity contribution in [2.75, 3.05) is 6.54 Å². The summed E-state index contributed by atoms with van der Waals surface area (Å²) in [5.74, 6) is 0.181. The van der Waals surface area contributed by atoms with Gasteiger partial charge in [-0.2, -0.15) is 0 Å². The van der Waals surface area contributed by atoms with Gasteiger partial charge in [-0.25, -0.2) is 0 Å². The van der Waals surface area contributed by atoms with Gasteiger partial charge in [-0.1, -0.05) is 57.2 Å². The summed E-state index contributed by atoms with van der Waals surface area (Å²) in [6.45, 7) is 11.8. The Morgan fingerprint density at radius 1 is 1.24 bits per heavy atom. The molecule has 0 aliphatic carbocycles. The number of hydrogen-bond acceptors (Lipinski definition) is 2. The van der Waals surface area contributed by atoms with Gasteiger partial charge in [0, 0.05) is 35.8 Å². The molecule has 0 fully saturated rings. The van der Waals surface area contributed by atoms with Crippen molar-refractivity contribution in [1.29, 1.82) is 0 Å². The first-order valence-corrected chi connectivity index (χ1v) is 10.8. The van der Waals surface area contributed by atoms with Gasteiger partial charge in [0.25, 0.3) is 5.91 Å². The minimum atomic E-state index is -0.0776. The van der Waals surface area contributed by atoms with Crippen LogP contribution in [0.2, 0.25) is 0 Å². The Kier molecular flexibility index (Phi) is 5.02. The SMILES string of the molecule is CCC(C)N1CC(C)(C)c2c(cc(CC3=CNC(C)C=C3)c3ccccc23)C1=O. The van der Waals surface area contributed by atoms with Gasteiger partial charge in [0.05, 0.1) is 0 Å². The molecule has 0 spiro atoms. The highest BCUT2D eigenvalue weighted by molar-refractivity contribution is 6.05. The van der Waals surface area contributed by atoms with E-state index in [0.29, 0.717) is 6.04 Å². The van der Waals surface area contributed by atoms with Crippen LogP contribution in [0, 0.1) is 0 Å². The summed E-state index contributed by atoms with van der Waals surface area (Å²) in [5.41, 5.74) is 4.49. The van der Waals surface area contributed by atoms with Crippen LogP contribution in [0.15, 0.2) is 54.3 Å². The average molecular weight is 389 g/mol. The van der Waals surface area contributed by atoms with Crippen LogP contribution in [-0.4, -0.2) is 29.4 Å². The van der Waals surface area contributed by atoms with Crippen molar-refractivity contribution in [3.8, 4) is 0 Å². The zero-order valence-electron chi connectivity index (χ0n) is 18.3. The van der Waals surface area contributed by atoms with E-state index in [1.54, 1.807) is 0 Å². The summed E-state index contributed by atoms with van der Waals surface area (Å²) in [7, 11) is 0. The highest BCUT2D eigenvalue weighted by Gasteiger charge is 2.39. The molecule has 2 aliphatic heterocycles. The molecular formula is C26H32N2O. The van der Waals surface area contributed by atoms with Gasteiger partial charge < -0.3 is 10.2 Å². The van der Waals surface area contributed by atoms with Crippen molar-refractivity contribution in [3.05, 3.63) is 70.9 Å². The minimum absolute atomic E-state index is 0.0776. The van der Waals surface area contributed by atoms with Gasteiger partial charge in [0.2, 0.25) is 0 Å². The molecule has 29 heavy (non-hydrogen) atoms. The first-order chi connectivity index (χ1) is 13.8. The molecule has 0 saturated carbocycles. The third-order valence-electron chi connectivity index (χ3n) is 6.51. The maximum Gasteiger partial charge on any atom is 0.254 e.